The molecule has 34 heavy (non-hydrogen) atoms. The molecule has 0 saturated carbocycles. The molecule has 0 spiro atoms. The van der Waals surface area contributed by atoms with Gasteiger partial charge in [-0.15, -0.1) is 0 Å². The number of benzene rings is 2. The third kappa shape index (κ3) is 4.37. The van der Waals surface area contributed by atoms with Gasteiger partial charge in [0.1, 0.15) is 17.7 Å². The average molecular weight is 472 g/mol. The number of anilines is 3. The summed E-state index contributed by atoms with van der Waals surface area (Å²) in [6.07, 6.45) is -2.09. The van der Waals surface area contributed by atoms with E-state index in [1.165, 1.54) is 29.9 Å². The number of amides is 2. The van der Waals surface area contributed by atoms with Gasteiger partial charge in [-0.25, -0.2) is 18.7 Å². The SMILES string of the molecule is CC(=O)c1cn2ncnc(N)c2c1-c1ccc(NC(=O)Nc2ccc(F)c(C(F)(F)F)c2)cc1. The van der Waals surface area contributed by atoms with Crippen molar-refractivity contribution in [2.75, 3.05) is 16.4 Å². The number of nitrogen functional groups attached to an aromatic ring is 1. The van der Waals surface area contributed by atoms with Gasteiger partial charge in [0.05, 0.1) is 5.56 Å². The number of carbonyl (C=O) groups excluding carboxylic acids is 2. The van der Waals surface area contributed by atoms with Crippen LogP contribution < -0.4 is 16.4 Å². The lowest BCUT2D eigenvalue weighted by molar-refractivity contribution is -0.139. The van der Waals surface area contributed by atoms with Gasteiger partial charge in [-0.05, 0) is 42.8 Å². The second kappa shape index (κ2) is 8.46. The number of ketones is 1. The molecule has 174 valence electrons. The molecule has 12 heteroatoms. The molecule has 2 aromatic heterocycles. The normalized spacial score (nSPS) is 11.4. The fraction of sp³-hybridized carbons (Fsp3) is 0.0909. The minimum Gasteiger partial charge on any atom is -0.382 e. The van der Waals surface area contributed by atoms with Crippen molar-refractivity contribution in [3.63, 3.8) is 0 Å². The zero-order valence-electron chi connectivity index (χ0n) is 17.4. The van der Waals surface area contributed by atoms with Crippen molar-refractivity contribution < 1.29 is 27.2 Å². The molecule has 0 radical (unpaired) electrons. The number of carbonyl (C=O) groups is 2. The second-order valence-electron chi connectivity index (χ2n) is 7.26. The molecule has 8 nitrogen and oxygen atoms in total. The fourth-order valence-corrected chi connectivity index (χ4v) is 3.43. The Labute approximate surface area is 189 Å². The molecule has 4 rings (SSSR count). The third-order valence-corrected chi connectivity index (χ3v) is 4.94. The predicted octanol–water partition coefficient (Wildman–Crippen LogP) is 4.98. The Balaban J connectivity index is 1.56. The Morgan fingerprint density at radius 3 is 2.32 bits per heavy atom. The highest BCUT2D eigenvalue weighted by Gasteiger charge is 2.34. The van der Waals surface area contributed by atoms with Crippen LogP contribution in [0.2, 0.25) is 0 Å². The first-order valence-corrected chi connectivity index (χ1v) is 9.72. The van der Waals surface area contributed by atoms with Crippen molar-refractivity contribution in [2.45, 2.75) is 13.1 Å². The van der Waals surface area contributed by atoms with Crippen molar-refractivity contribution in [1.29, 1.82) is 0 Å². The maximum Gasteiger partial charge on any atom is 0.419 e. The molecule has 2 aromatic carbocycles. The van der Waals surface area contributed by atoms with Crippen molar-refractivity contribution in [2.24, 2.45) is 0 Å². The third-order valence-electron chi connectivity index (χ3n) is 4.94. The highest BCUT2D eigenvalue weighted by Crippen LogP contribution is 2.34. The number of fused-ring (bicyclic) bond motifs is 1. The number of nitrogens with zero attached hydrogens (tertiary/aromatic N) is 3. The molecule has 0 bridgehead atoms. The molecule has 0 unspecified atom stereocenters. The monoisotopic (exact) mass is 472 g/mol. The predicted molar refractivity (Wildman–Crippen MR) is 117 cm³/mol. The van der Waals surface area contributed by atoms with Crippen LogP contribution in [0.25, 0.3) is 16.6 Å². The summed E-state index contributed by atoms with van der Waals surface area (Å²) < 4.78 is 53.5. The van der Waals surface area contributed by atoms with Gasteiger partial charge in [0.2, 0.25) is 0 Å². The Hall–Kier alpha value is -4.48. The smallest absolute Gasteiger partial charge is 0.382 e. The van der Waals surface area contributed by atoms with Crippen LogP contribution in [0, 0.1) is 5.82 Å². The Morgan fingerprint density at radius 1 is 1.03 bits per heavy atom. The van der Waals surface area contributed by atoms with Gasteiger partial charge in [0.25, 0.3) is 0 Å². The van der Waals surface area contributed by atoms with Crippen LogP contribution in [-0.4, -0.2) is 26.4 Å². The van der Waals surface area contributed by atoms with Crippen molar-refractivity contribution in [3.05, 3.63) is 71.9 Å². The van der Waals surface area contributed by atoms with Gasteiger partial charge in [0, 0.05) is 28.7 Å². The van der Waals surface area contributed by atoms with E-state index in [0.29, 0.717) is 40.0 Å². The number of rotatable bonds is 4. The highest BCUT2D eigenvalue weighted by atomic mass is 19.4. The lowest BCUT2D eigenvalue weighted by atomic mass is 10.0. The average Bonchev–Trinajstić information content (AvgIpc) is 3.16. The minimum absolute atomic E-state index is 0.177. The first-order valence-electron chi connectivity index (χ1n) is 9.72. The van der Waals surface area contributed by atoms with Gasteiger partial charge in [-0.2, -0.15) is 18.3 Å². The van der Waals surface area contributed by atoms with E-state index in [4.69, 9.17) is 5.73 Å². The number of aromatic nitrogens is 3. The molecule has 0 fully saturated rings. The summed E-state index contributed by atoms with van der Waals surface area (Å²) in [6.45, 7) is 1.40. The van der Waals surface area contributed by atoms with Gasteiger partial charge >= 0.3 is 12.2 Å². The lowest BCUT2D eigenvalue weighted by Crippen LogP contribution is -2.20. The summed E-state index contributed by atoms with van der Waals surface area (Å²) in [5.74, 6) is -1.47. The molecule has 0 aliphatic rings. The van der Waals surface area contributed by atoms with E-state index in [2.05, 4.69) is 20.7 Å². The van der Waals surface area contributed by atoms with E-state index in [-0.39, 0.29) is 17.3 Å². The quantitative estimate of drug-likeness (QED) is 0.286. The molecule has 2 amide bonds. The molecule has 4 aromatic rings. The molecule has 0 saturated heterocycles. The Bertz CT molecular complexity index is 1410. The van der Waals surface area contributed by atoms with Crippen LogP contribution in [0.4, 0.5) is 39.5 Å². The first-order chi connectivity index (χ1) is 16.0. The van der Waals surface area contributed by atoms with E-state index < -0.39 is 23.6 Å². The molecular weight excluding hydrogens is 456 g/mol. The summed E-state index contributed by atoms with van der Waals surface area (Å²) in [6, 6.07) is 7.64. The molecule has 0 atom stereocenters. The van der Waals surface area contributed by atoms with Gasteiger partial charge < -0.3 is 16.4 Å². The number of Topliss-reactive ketones (excluding diaryl/α,β-unsaturated/α-hetero) is 1. The minimum atomic E-state index is -4.90. The van der Waals surface area contributed by atoms with Crippen LogP contribution in [0.5, 0.6) is 0 Å². The largest absolute Gasteiger partial charge is 0.419 e. The van der Waals surface area contributed by atoms with Crippen LogP contribution in [0.15, 0.2) is 55.0 Å². The van der Waals surface area contributed by atoms with Gasteiger partial charge in [-0.1, -0.05) is 12.1 Å². The van der Waals surface area contributed by atoms with Crippen LogP contribution in [0.3, 0.4) is 0 Å². The lowest BCUT2D eigenvalue weighted by Gasteiger charge is -2.12. The summed E-state index contributed by atoms with van der Waals surface area (Å²) >= 11 is 0. The Kier molecular flexibility index (Phi) is 5.65. The molecular formula is C22H16F4N6O2. The molecule has 4 N–H and O–H groups in total. The zero-order chi connectivity index (χ0) is 24.6. The van der Waals surface area contributed by atoms with Crippen molar-refractivity contribution >= 4 is 34.5 Å². The van der Waals surface area contributed by atoms with Crippen molar-refractivity contribution in [3.8, 4) is 11.1 Å². The number of hydrogen-bond donors (Lipinski definition) is 3. The van der Waals surface area contributed by atoms with Crippen molar-refractivity contribution in [1.82, 2.24) is 14.6 Å². The maximum atomic E-state index is 13.4. The van der Waals surface area contributed by atoms with E-state index in [9.17, 15) is 27.2 Å². The standard InChI is InChI=1S/C22H16F4N6O2/c1-11(33)15-9-32-19(20(27)28-10-29-32)18(15)12-2-4-13(5-3-12)30-21(34)31-14-6-7-17(23)16(8-14)22(24,25)26/h2-10H,1H3,(H2,27,28,29)(H2,30,31,34). The number of hydrogen-bond acceptors (Lipinski definition) is 5. The summed E-state index contributed by atoms with van der Waals surface area (Å²) in [5, 5.41) is 8.77. The summed E-state index contributed by atoms with van der Waals surface area (Å²) in [5.41, 5.74) is 6.53. The second-order valence-corrected chi connectivity index (χ2v) is 7.26. The first kappa shape index (κ1) is 22.7. The molecule has 2 heterocycles. The van der Waals surface area contributed by atoms with E-state index >= 15 is 0 Å². The van der Waals surface area contributed by atoms with Gasteiger partial charge in [0.15, 0.2) is 11.6 Å². The Morgan fingerprint density at radius 2 is 1.68 bits per heavy atom. The van der Waals surface area contributed by atoms with Crippen LogP contribution in [0.1, 0.15) is 22.8 Å². The molecule has 0 aliphatic carbocycles. The zero-order valence-corrected chi connectivity index (χ0v) is 17.4. The number of alkyl halides is 3. The number of halogens is 4. The number of urea groups is 1. The maximum absolute atomic E-state index is 13.4. The highest BCUT2D eigenvalue weighted by molar-refractivity contribution is 6.07. The van der Waals surface area contributed by atoms with Gasteiger partial charge in [-0.3, -0.25) is 4.79 Å². The van der Waals surface area contributed by atoms with E-state index in [0.717, 1.165) is 6.07 Å². The summed E-state index contributed by atoms with van der Waals surface area (Å²) in [4.78, 5) is 28.3. The van der Waals surface area contributed by atoms with Crippen LogP contribution in [-0.2, 0) is 6.18 Å². The molecule has 0 aliphatic heterocycles. The topological polar surface area (TPSA) is 114 Å². The fourth-order valence-electron chi connectivity index (χ4n) is 3.43. The summed E-state index contributed by atoms with van der Waals surface area (Å²) in [7, 11) is 0. The number of nitrogens with two attached hydrogens (primary N) is 1. The number of nitrogens with one attached hydrogen (secondary N) is 2. The van der Waals surface area contributed by atoms with Crippen LogP contribution >= 0.6 is 0 Å². The van der Waals surface area contributed by atoms with E-state index in [1.54, 1.807) is 18.3 Å². The van der Waals surface area contributed by atoms with E-state index in [1.807, 2.05) is 0 Å².